The molecule has 10 nitrogen and oxygen atoms in total. The highest BCUT2D eigenvalue weighted by atomic mass is 19.4. The minimum absolute atomic E-state index is 0.00225. The molecule has 3 aromatic rings. The van der Waals surface area contributed by atoms with Crippen molar-refractivity contribution < 1.29 is 50.2 Å². The fraction of sp³-hybridized carbons (Fsp3) is 0.432. The molecule has 0 saturated carbocycles. The number of esters is 1. The number of nitrogens with one attached hydrogen (secondary N) is 2. The Hall–Kier alpha value is -5.51. The van der Waals surface area contributed by atoms with Gasteiger partial charge in [-0.3, -0.25) is 24.3 Å². The van der Waals surface area contributed by atoms with Crippen LogP contribution in [0, 0.1) is 6.92 Å². The van der Waals surface area contributed by atoms with Crippen LogP contribution in [0.4, 0.5) is 26.3 Å². The van der Waals surface area contributed by atoms with E-state index in [1.165, 1.54) is 7.11 Å². The molecule has 6 heterocycles. The number of ether oxygens (including phenoxy) is 2. The summed E-state index contributed by atoms with van der Waals surface area (Å²) < 4.78 is 94.5. The number of halogens is 6. The topological polar surface area (TPSA) is 130 Å². The Bertz CT molecular complexity index is 2500. The minimum Gasteiger partial charge on any atom is -0.469 e. The smallest absolute Gasteiger partial charge is 0.416 e. The molecule has 60 heavy (non-hydrogen) atoms. The van der Waals surface area contributed by atoms with E-state index >= 15 is 0 Å². The number of imide groups is 1. The van der Waals surface area contributed by atoms with Crippen LogP contribution in [0.3, 0.4) is 0 Å². The van der Waals surface area contributed by atoms with Crippen molar-refractivity contribution in [3.8, 4) is 0 Å². The number of fused-ring (bicyclic) bond motifs is 8. The normalized spacial score (nSPS) is 20.5. The number of hydrogen-bond donors (Lipinski definition) is 2. The van der Waals surface area contributed by atoms with E-state index in [0.29, 0.717) is 45.2 Å². The number of benzene rings is 1. The van der Waals surface area contributed by atoms with Crippen LogP contribution in [-0.2, 0) is 33.2 Å². The fourth-order valence-corrected chi connectivity index (χ4v) is 8.96. The molecule has 16 heteroatoms. The highest BCUT2D eigenvalue weighted by molar-refractivity contribution is 6.23. The fourth-order valence-electron chi connectivity index (χ4n) is 8.96. The lowest BCUT2D eigenvalue weighted by molar-refractivity contribution is -0.143. The number of nitrogens with zero attached hydrogens (tertiary/aromatic N) is 3. The molecule has 1 aromatic carbocycles. The second kappa shape index (κ2) is 15.5. The van der Waals surface area contributed by atoms with E-state index in [1.807, 2.05) is 39.0 Å². The van der Waals surface area contributed by atoms with Crippen LogP contribution in [0.1, 0.15) is 155 Å². The first kappa shape index (κ1) is 42.6. The van der Waals surface area contributed by atoms with Gasteiger partial charge < -0.3 is 19.4 Å². The number of methoxy groups -OCH3 is 2. The number of carbonyl (C=O) groups is 3. The molecule has 0 fully saturated rings. The zero-order valence-corrected chi connectivity index (χ0v) is 34.3. The number of H-pyrrole nitrogens is 2. The van der Waals surface area contributed by atoms with Gasteiger partial charge in [0.25, 0.3) is 11.8 Å². The zero-order valence-electron chi connectivity index (χ0n) is 34.3. The Balaban J connectivity index is 1.57. The van der Waals surface area contributed by atoms with Gasteiger partial charge in [0.2, 0.25) is 0 Å². The average Bonchev–Trinajstić information content (AvgIpc) is 3.87. The second-order valence-electron chi connectivity index (χ2n) is 15.9. The van der Waals surface area contributed by atoms with Gasteiger partial charge in [-0.25, -0.2) is 4.98 Å². The lowest BCUT2D eigenvalue weighted by Crippen LogP contribution is -2.40. The Morgan fingerprint density at radius 1 is 0.833 bits per heavy atom. The number of alkyl halides is 6. The Morgan fingerprint density at radius 3 is 2.08 bits per heavy atom. The van der Waals surface area contributed by atoms with Crippen molar-refractivity contribution in [2.45, 2.75) is 109 Å². The zero-order chi connectivity index (χ0) is 43.7. The predicted molar refractivity (Wildman–Crippen MR) is 211 cm³/mol. The van der Waals surface area contributed by atoms with Crippen molar-refractivity contribution in [3.05, 3.63) is 104 Å². The summed E-state index contributed by atoms with van der Waals surface area (Å²) in [6, 6.07) is 6.70. The van der Waals surface area contributed by atoms with Gasteiger partial charge >= 0.3 is 18.3 Å². The third kappa shape index (κ3) is 7.36. The van der Waals surface area contributed by atoms with E-state index in [1.54, 1.807) is 14.0 Å². The van der Waals surface area contributed by atoms with Gasteiger partial charge in [0.15, 0.2) is 0 Å². The third-order valence-electron chi connectivity index (χ3n) is 12.4. The van der Waals surface area contributed by atoms with Crippen LogP contribution in [0.25, 0.3) is 22.2 Å². The summed E-state index contributed by atoms with van der Waals surface area (Å²) in [7, 11) is 2.86. The maximum absolute atomic E-state index is 14.9. The molecule has 0 aliphatic carbocycles. The van der Waals surface area contributed by atoms with Crippen LogP contribution in [-0.4, -0.2) is 62.9 Å². The molecule has 2 aromatic heterocycles. The largest absolute Gasteiger partial charge is 0.469 e. The van der Waals surface area contributed by atoms with Crippen molar-refractivity contribution in [3.63, 3.8) is 0 Å². The number of carbonyl (C=O) groups excluding carboxylic acids is 3. The summed E-state index contributed by atoms with van der Waals surface area (Å²) in [6.07, 6.45) is -9.82. The van der Waals surface area contributed by atoms with Gasteiger partial charge in [-0.1, -0.05) is 20.8 Å². The minimum atomic E-state index is -5.16. The molecule has 0 spiro atoms. The molecule has 4 aliphatic rings. The Morgan fingerprint density at radius 2 is 1.48 bits per heavy atom. The maximum atomic E-state index is 14.9. The first-order chi connectivity index (χ1) is 28.2. The molecule has 2 amide bonds. The van der Waals surface area contributed by atoms with Crippen molar-refractivity contribution in [2.75, 3.05) is 14.2 Å². The lowest BCUT2D eigenvalue weighted by Gasteiger charge is -2.27. The van der Waals surface area contributed by atoms with E-state index in [0.717, 1.165) is 29.0 Å². The van der Waals surface area contributed by atoms with Crippen molar-refractivity contribution in [1.29, 1.82) is 0 Å². The van der Waals surface area contributed by atoms with E-state index in [2.05, 4.69) is 23.8 Å². The summed E-state index contributed by atoms with van der Waals surface area (Å²) in [5.74, 6) is -3.44. The maximum Gasteiger partial charge on any atom is 0.416 e. The van der Waals surface area contributed by atoms with Crippen LogP contribution < -0.4 is 0 Å². The quantitative estimate of drug-likeness (QED) is 0.131. The lowest BCUT2D eigenvalue weighted by atomic mass is 9.84. The molecule has 0 saturated heterocycles. The van der Waals surface area contributed by atoms with Crippen molar-refractivity contribution in [1.82, 2.24) is 24.8 Å². The molecule has 8 bridgehead atoms. The van der Waals surface area contributed by atoms with E-state index in [4.69, 9.17) is 19.4 Å². The summed E-state index contributed by atoms with van der Waals surface area (Å²) >= 11 is 0. The van der Waals surface area contributed by atoms with Crippen LogP contribution in [0.2, 0.25) is 0 Å². The average molecular weight is 838 g/mol. The number of allylic oxidation sites excluding steroid dienone is 1. The Labute approximate surface area is 342 Å². The summed E-state index contributed by atoms with van der Waals surface area (Å²) in [5, 5.41) is 0. The summed E-state index contributed by atoms with van der Waals surface area (Å²) in [5.41, 5.74) is 2.66. The van der Waals surface area contributed by atoms with Gasteiger partial charge in [0, 0.05) is 65.4 Å². The highest BCUT2D eigenvalue weighted by Gasteiger charge is 2.43. The number of aromatic amines is 2. The van der Waals surface area contributed by atoms with E-state index in [9.17, 15) is 40.7 Å². The van der Waals surface area contributed by atoms with Gasteiger partial charge in [-0.15, -0.1) is 0 Å². The molecule has 318 valence electrons. The molecule has 7 rings (SSSR count). The van der Waals surface area contributed by atoms with Gasteiger partial charge in [-0.2, -0.15) is 26.3 Å². The molecule has 4 aliphatic heterocycles. The third-order valence-corrected chi connectivity index (χ3v) is 12.4. The number of hydrogen-bond acceptors (Lipinski definition) is 7. The predicted octanol–water partition coefficient (Wildman–Crippen LogP) is 10.3. The highest BCUT2D eigenvalue weighted by Crippen LogP contribution is 2.46. The second-order valence-corrected chi connectivity index (χ2v) is 15.9. The van der Waals surface area contributed by atoms with Gasteiger partial charge in [-0.05, 0) is 86.7 Å². The first-order valence-corrected chi connectivity index (χ1v) is 19.7. The first-order valence-electron chi connectivity index (χ1n) is 19.7. The molecular formula is C44H45F6N5O5. The van der Waals surface area contributed by atoms with Crippen molar-refractivity contribution in [2.24, 2.45) is 0 Å². The standard InChI is InChI=1S/C44H45F6N5O5/c1-9-27-19(2)29-17-34-36(23(6)59-7)21(4)31(52-34)15-30-20(3)28(10-11-35(56)60-8)39(53-30)38-40-37(22(5)32(54-40)16-33(27)51-29)41(57)55(42(38)58)18-24-12-25(43(45,46)47)14-26(13-24)44(48,49)50/h12-17,19-20,23,27-28,51,54H,9-11,18H2,1-8H3/t19?,20-,23?,27?,28-/m0/s1. The van der Waals surface area contributed by atoms with E-state index < -0.39 is 65.2 Å². The molecule has 2 N–H and O–H groups in total. The number of amides is 2. The number of rotatable bonds is 8. The molecule has 3 unspecified atom stereocenters. The van der Waals surface area contributed by atoms with Gasteiger partial charge in [0.1, 0.15) is 0 Å². The number of aryl methyl sites for hydroxylation is 1. The van der Waals surface area contributed by atoms with Crippen molar-refractivity contribution >= 4 is 40.0 Å². The molecular weight excluding hydrogens is 793 g/mol. The van der Waals surface area contributed by atoms with Crippen LogP contribution in [0.15, 0.2) is 36.4 Å². The number of aromatic nitrogens is 4. The van der Waals surface area contributed by atoms with Crippen LogP contribution in [0.5, 0.6) is 0 Å². The van der Waals surface area contributed by atoms with Gasteiger partial charge in [0.05, 0.1) is 64.6 Å². The molecule has 5 atom stereocenters. The van der Waals surface area contributed by atoms with Crippen LogP contribution >= 0.6 is 0 Å². The summed E-state index contributed by atoms with van der Waals surface area (Å²) in [4.78, 5) is 59.7. The monoisotopic (exact) mass is 837 g/mol. The SMILES string of the molecule is CCC1c2cc3[nH]c4c(c5nc(cc6nc(cc([nH]2)C1C)C(C(C)OC)=C6C)[C@@H](C)[C@@H]5CCC(=O)OC)C(=O)N(Cc1cc(C(F)(F)F)cc(C(F)(F)F)c1)C(=O)c4c3C. The van der Waals surface area contributed by atoms with E-state index in [-0.39, 0.29) is 59.2 Å². The Kier molecular flexibility index (Phi) is 11.0. The summed E-state index contributed by atoms with van der Waals surface area (Å²) in [6.45, 7) is 10.6. The molecule has 0 radical (unpaired) electrons.